The molecule has 128 valence electrons. The highest BCUT2D eigenvalue weighted by Gasteiger charge is 2.23. The number of aromatic nitrogens is 1. The molecular weight excluding hydrogens is 298 g/mol. The van der Waals surface area contributed by atoms with Crippen LogP contribution in [0.15, 0.2) is 18.2 Å². The van der Waals surface area contributed by atoms with Gasteiger partial charge in [0.1, 0.15) is 5.75 Å². The molecule has 1 aliphatic heterocycles. The lowest BCUT2D eigenvalue weighted by atomic mass is 9.92. The molecule has 4 nitrogen and oxygen atoms in total. The summed E-state index contributed by atoms with van der Waals surface area (Å²) >= 11 is 0. The molecule has 0 unspecified atom stereocenters. The Kier molecular flexibility index (Phi) is 4.31. The summed E-state index contributed by atoms with van der Waals surface area (Å²) in [6.07, 6.45) is 7.02. The molecule has 1 aromatic heterocycles. The number of nitrogens with zero attached hydrogens (tertiary/aromatic N) is 2. The maximum absolute atomic E-state index is 9.97. The minimum absolute atomic E-state index is 0.323. The smallest absolute Gasteiger partial charge is 0.116 e. The number of piperidine rings is 1. The maximum atomic E-state index is 9.97. The Morgan fingerprint density at radius 1 is 1.21 bits per heavy atom. The van der Waals surface area contributed by atoms with Crippen molar-refractivity contribution in [2.45, 2.75) is 51.5 Å². The number of likely N-dealkylation sites (tertiary alicyclic amines) is 1. The molecule has 4 heteroatoms. The van der Waals surface area contributed by atoms with Gasteiger partial charge in [-0.15, -0.1) is 0 Å². The predicted octanol–water partition coefficient (Wildman–Crippen LogP) is 3.72. The average molecular weight is 325 g/mol. The molecule has 0 saturated carbocycles. The van der Waals surface area contributed by atoms with Crippen molar-refractivity contribution < 1.29 is 5.11 Å². The van der Waals surface area contributed by atoms with Gasteiger partial charge in [-0.3, -0.25) is 4.98 Å². The van der Waals surface area contributed by atoms with Gasteiger partial charge in [0.2, 0.25) is 0 Å². The molecule has 24 heavy (non-hydrogen) atoms. The molecule has 1 aromatic carbocycles. The van der Waals surface area contributed by atoms with Crippen molar-refractivity contribution in [1.29, 1.82) is 0 Å². The Morgan fingerprint density at radius 3 is 2.79 bits per heavy atom. The van der Waals surface area contributed by atoms with Crippen LogP contribution in [0.2, 0.25) is 0 Å². The molecule has 0 bridgehead atoms. The van der Waals surface area contributed by atoms with Crippen molar-refractivity contribution in [3.8, 4) is 5.75 Å². The summed E-state index contributed by atoms with van der Waals surface area (Å²) in [7, 11) is 0. The molecule has 2 N–H and O–H groups in total. The average Bonchev–Trinajstić information content (AvgIpc) is 2.62. The topological polar surface area (TPSA) is 48.4 Å². The Bertz CT molecular complexity index is 735. The van der Waals surface area contributed by atoms with Gasteiger partial charge in [-0.1, -0.05) is 6.92 Å². The first kappa shape index (κ1) is 15.7. The van der Waals surface area contributed by atoms with E-state index >= 15 is 0 Å². The normalized spacial score (nSPS) is 19.4. The van der Waals surface area contributed by atoms with Crippen molar-refractivity contribution in [2.75, 3.05) is 25.0 Å². The van der Waals surface area contributed by atoms with E-state index in [1.807, 2.05) is 12.1 Å². The number of aryl methyl sites for hydroxylation is 1. The van der Waals surface area contributed by atoms with Crippen LogP contribution >= 0.6 is 0 Å². The van der Waals surface area contributed by atoms with E-state index in [1.54, 1.807) is 6.07 Å². The third-order valence-corrected chi connectivity index (χ3v) is 5.63. The zero-order valence-corrected chi connectivity index (χ0v) is 14.5. The van der Waals surface area contributed by atoms with E-state index in [0.717, 1.165) is 30.3 Å². The van der Waals surface area contributed by atoms with Gasteiger partial charge < -0.3 is 15.3 Å². The van der Waals surface area contributed by atoms with Crippen molar-refractivity contribution in [2.24, 2.45) is 0 Å². The zero-order valence-electron chi connectivity index (χ0n) is 14.5. The van der Waals surface area contributed by atoms with Gasteiger partial charge in [-0.05, 0) is 68.8 Å². The number of pyridine rings is 1. The Hall–Kier alpha value is -1.81. The van der Waals surface area contributed by atoms with E-state index in [1.165, 1.54) is 55.7 Å². The summed E-state index contributed by atoms with van der Waals surface area (Å²) in [5, 5.41) is 14.9. The monoisotopic (exact) mass is 325 g/mol. The maximum Gasteiger partial charge on any atom is 0.116 e. The van der Waals surface area contributed by atoms with Gasteiger partial charge >= 0.3 is 0 Å². The second-order valence-electron chi connectivity index (χ2n) is 7.17. The quantitative estimate of drug-likeness (QED) is 0.903. The van der Waals surface area contributed by atoms with E-state index in [2.05, 4.69) is 17.1 Å². The zero-order chi connectivity index (χ0) is 16.5. The minimum atomic E-state index is 0.323. The number of nitrogens with one attached hydrogen (secondary N) is 1. The lowest BCUT2D eigenvalue weighted by Gasteiger charge is -2.33. The fourth-order valence-corrected chi connectivity index (χ4v) is 4.17. The molecule has 0 atom stereocenters. The number of phenolic OH excluding ortho intramolecular Hbond substituents is 1. The van der Waals surface area contributed by atoms with Crippen LogP contribution in [-0.2, 0) is 12.8 Å². The molecule has 1 fully saturated rings. The SMILES string of the molecule is CCN1CCC(Nc2c3c(nc4ccc(O)cc24)CCCC3)CC1. The van der Waals surface area contributed by atoms with Crippen LogP contribution < -0.4 is 5.32 Å². The first-order chi connectivity index (χ1) is 11.7. The standard InChI is InChI=1S/C20H27N3O/c1-2-23-11-9-14(10-12-23)21-20-16-5-3-4-6-18(16)22-19-8-7-15(24)13-17(19)20/h7-8,13-14,24H,2-6,9-12H2,1H3,(H,21,22). The number of rotatable bonds is 3. The molecular formula is C20H27N3O. The van der Waals surface area contributed by atoms with Crippen molar-refractivity contribution in [3.63, 3.8) is 0 Å². The van der Waals surface area contributed by atoms with Gasteiger partial charge in [-0.25, -0.2) is 0 Å². The number of aromatic hydroxyl groups is 1. The van der Waals surface area contributed by atoms with Crippen LogP contribution in [0.4, 0.5) is 5.69 Å². The van der Waals surface area contributed by atoms with Crippen LogP contribution in [0.3, 0.4) is 0 Å². The fraction of sp³-hybridized carbons (Fsp3) is 0.550. The van der Waals surface area contributed by atoms with Crippen molar-refractivity contribution >= 4 is 16.6 Å². The Balaban J connectivity index is 1.71. The Morgan fingerprint density at radius 2 is 2.00 bits per heavy atom. The molecule has 1 saturated heterocycles. The van der Waals surface area contributed by atoms with E-state index < -0.39 is 0 Å². The first-order valence-corrected chi connectivity index (χ1v) is 9.38. The van der Waals surface area contributed by atoms with Gasteiger partial charge in [0, 0.05) is 35.9 Å². The molecule has 0 radical (unpaired) electrons. The van der Waals surface area contributed by atoms with Crippen LogP contribution in [0, 0.1) is 0 Å². The molecule has 0 spiro atoms. The number of phenols is 1. The minimum Gasteiger partial charge on any atom is -0.508 e. The predicted molar refractivity (Wildman–Crippen MR) is 98.8 cm³/mol. The third-order valence-electron chi connectivity index (χ3n) is 5.63. The molecule has 2 aromatic rings. The summed E-state index contributed by atoms with van der Waals surface area (Å²) < 4.78 is 0. The van der Waals surface area contributed by atoms with Crippen LogP contribution in [-0.4, -0.2) is 40.7 Å². The van der Waals surface area contributed by atoms with Gasteiger partial charge in [0.05, 0.1) is 5.52 Å². The molecule has 2 aliphatic rings. The van der Waals surface area contributed by atoms with E-state index in [9.17, 15) is 5.11 Å². The number of benzene rings is 1. The largest absolute Gasteiger partial charge is 0.508 e. The van der Waals surface area contributed by atoms with Crippen molar-refractivity contribution in [3.05, 3.63) is 29.5 Å². The Labute approximate surface area is 143 Å². The lowest BCUT2D eigenvalue weighted by molar-refractivity contribution is 0.229. The lowest BCUT2D eigenvalue weighted by Crippen LogP contribution is -2.39. The van der Waals surface area contributed by atoms with Crippen LogP contribution in [0.25, 0.3) is 10.9 Å². The fourth-order valence-electron chi connectivity index (χ4n) is 4.17. The summed E-state index contributed by atoms with van der Waals surface area (Å²) in [4.78, 5) is 7.39. The summed E-state index contributed by atoms with van der Waals surface area (Å²) in [6, 6.07) is 6.09. The van der Waals surface area contributed by atoms with Crippen LogP contribution in [0.1, 0.15) is 43.9 Å². The number of anilines is 1. The first-order valence-electron chi connectivity index (χ1n) is 9.38. The highest BCUT2D eigenvalue weighted by Crippen LogP contribution is 2.36. The number of hydrogen-bond acceptors (Lipinski definition) is 4. The summed E-state index contributed by atoms with van der Waals surface area (Å²) in [5.41, 5.74) is 4.88. The van der Waals surface area contributed by atoms with Gasteiger partial charge in [-0.2, -0.15) is 0 Å². The third kappa shape index (κ3) is 2.95. The molecule has 0 amide bonds. The summed E-state index contributed by atoms with van der Waals surface area (Å²) in [5.74, 6) is 0.323. The number of fused-ring (bicyclic) bond motifs is 2. The van der Waals surface area contributed by atoms with Crippen LogP contribution in [0.5, 0.6) is 5.75 Å². The van der Waals surface area contributed by atoms with Gasteiger partial charge in [0.25, 0.3) is 0 Å². The number of hydrogen-bond donors (Lipinski definition) is 2. The highest BCUT2D eigenvalue weighted by atomic mass is 16.3. The van der Waals surface area contributed by atoms with E-state index in [-0.39, 0.29) is 0 Å². The van der Waals surface area contributed by atoms with Crippen molar-refractivity contribution in [1.82, 2.24) is 9.88 Å². The van der Waals surface area contributed by atoms with E-state index in [0.29, 0.717) is 11.8 Å². The van der Waals surface area contributed by atoms with Gasteiger partial charge in [0.15, 0.2) is 0 Å². The summed E-state index contributed by atoms with van der Waals surface area (Å²) in [6.45, 7) is 5.73. The second-order valence-corrected chi connectivity index (χ2v) is 7.17. The molecule has 2 heterocycles. The second kappa shape index (κ2) is 6.60. The van der Waals surface area contributed by atoms with E-state index in [4.69, 9.17) is 4.98 Å². The molecule has 4 rings (SSSR count). The highest BCUT2D eigenvalue weighted by molar-refractivity contribution is 5.94. The molecule has 1 aliphatic carbocycles.